The Kier molecular flexibility index (Phi) is 3.48. The Labute approximate surface area is 125 Å². The van der Waals surface area contributed by atoms with E-state index in [9.17, 15) is 0 Å². The minimum absolute atomic E-state index is 0.677. The van der Waals surface area contributed by atoms with Crippen LogP contribution in [-0.4, -0.2) is 9.97 Å². The molecule has 2 N–H and O–H groups in total. The first-order valence-electron chi connectivity index (χ1n) is 6.16. The number of nitrogens with two attached hydrogens (primary N) is 1. The van der Waals surface area contributed by atoms with Crippen molar-refractivity contribution in [3.05, 3.63) is 65.4 Å². The Morgan fingerprint density at radius 2 is 1.50 bits per heavy atom. The summed E-state index contributed by atoms with van der Waals surface area (Å²) in [7, 11) is 0. The smallest absolute Gasteiger partial charge is 0.159 e. The van der Waals surface area contributed by atoms with Crippen LogP contribution in [0.15, 0.2) is 65.4 Å². The van der Waals surface area contributed by atoms with E-state index >= 15 is 0 Å². The molecule has 20 heavy (non-hydrogen) atoms. The van der Waals surface area contributed by atoms with Gasteiger partial charge in [0, 0.05) is 33.7 Å². The van der Waals surface area contributed by atoms with Crippen LogP contribution in [0.2, 0.25) is 0 Å². The van der Waals surface area contributed by atoms with Gasteiger partial charge in [-0.05, 0) is 29.8 Å². The van der Waals surface area contributed by atoms with Gasteiger partial charge >= 0.3 is 0 Å². The molecule has 0 amide bonds. The van der Waals surface area contributed by atoms with Crippen LogP contribution in [0.5, 0.6) is 0 Å². The van der Waals surface area contributed by atoms with E-state index in [1.54, 1.807) is 0 Å². The average Bonchev–Trinajstić information content (AvgIpc) is 2.47. The van der Waals surface area contributed by atoms with Crippen molar-refractivity contribution >= 4 is 21.6 Å². The summed E-state index contributed by atoms with van der Waals surface area (Å²) in [5.74, 6) is 0.677. The summed E-state index contributed by atoms with van der Waals surface area (Å²) < 4.78 is 1.04. The van der Waals surface area contributed by atoms with Gasteiger partial charge in [0.2, 0.25) is 0 Å². The molecular weight excluding hydrogens is 314 g/mol. The zero-order valence-electron chi connectivity index (χ0n) is 10.6. The van der Waals surface area contributed by atoms with Gasteiger partial charge in [0.05, 0.1) is 0 Å². The number of nitrogens with zero attached hydrogens (tertiary/aromatic N) is 2. The minimum Gasteiger partial charge on any atom is -0.399 e. The molecule has 0 aliphatic heterocycles. The quantitative estimate of drug-likeness (QED) is 0.720. The standard InChI is InChI=1S/C16H12BrN3/c17-14-5-1-3-11(7-14)13-9-19-16(20-10-13)12-4-2-6-15(18)8-12/h1-10H,18H2. The van der Waals surface area contributed by atoms with Gasteiger partial charge in [0.25, 0.3) is 0 Å². The highest BCUT2D eigenvalue weighted by Gasteiger charge is 2.03. The molecule has 1 heterocycles. The van der Waals surface area contributed by atoms with Crippen molar-refractivity contribution in [2.24, 2.45) is 0 Å². The second-order valence-electron chi connectivity index (χ2n) is 4.43. The van der Waals surface area contributed by atoms with Gasteiger partial charge in [-0.15, -0.1) is 0 Å². The van der Waals surface area contributed by atoms with Crippen LogP contribution in [-0.2, 0) is 0 Å². The lowest BCUT2D eigenvalue weighted by Crippen LogP contribution is -1.91. The molecule has 0 bridgehead atoms. The van der Waals surface area contributed by atoms with Gasteiger partial charge in [-0.2, -0.15) is 0 Å². The fourth-order valence-electron chi connectivity index (χ4n) is 1.97. The maximum atomic E-state index is 5.77. The van der Waals surface area contributed by atoms with Gasteiger partial charge < -0.3 is 5.73 Å². The molecule has 98 valence electrons. The van der Waals surface area contributed by atoms with E-state index < -0.39 is 0 Å². The number of hydrogen-bond acceptors (Lipinski definition) is 3. The van der Waals surface area contributed by atoms with E-state index in [0.29, 0.717) is 11.5 Å². The predicted octanol–water partition coefficient (Wildman–Crippen LogP) is 4.16. The summed E-state index contributed by atoms with van der Waals surface area (Å²) in [5, 5.41) is 0. The van der Waals surface area contributed by atoms with Crippen LogP contribution in [0.3, 0.4) is 0 Å². The summed E-state index contributed by atoms with van der Waals surface area (Å²) in [6.07, 6.45) is 3.65. The van der Waals surface area contributed by atoms with Crippen LogP contribution >= 0.6 is 15.9 Å². The third-order valence-corrected chi connectivity index (χ3v) is 3.45. The molecule has 0 spiro atoms. The van der Waals surface area contributed by atoms with Gasteiger partial charge in [0.15, 0.2) is 5.82 Å². The van der Waals surface area contributed by atoms with Crippen molar-refractivity contribution < 1.29 is 0 Å². The van der Waals surface area contributed by atoms with Gasteiger partial charge in [-0.1, -0.05) is 40.2 Å². The molecule has 3 nitrogen and oxygen atoms in total. The first kappa shape index (κ1) is 12.8. The molecule has 0 atom stereocenters. The number of halogens is 1. The van der Waals surface area contributed by atoms with Crippen LogP contribution in [0.4, 0.5) is 5.69 Å². The molecular formula is C16H12BrN3. The largest absolute Gasteiger partial charge is 0.399 e. The van der Waals surface area contributed by atoms with E-state index in [0.717, 1.165) is 21.2 Å². The van der Waals surface area contributed by atoms with Gasteiger partial charge in [0.1, 0.15) is 0 Å². The maximum absolute atomic E-state index is 5.77. The summed E-state index contributed by atoms with van der Waals surface area (Å²) in [4.78, 5) is 8.83. The van der Waals surface area contributed by atoms with Crippen LogP contribution < -0.4 is 5.73 Å². The van der Waals surface area contributed by atoms with E-state index in [1.807, 2.05) is 60.9 Å². The third-order valence-electron chi connectivity index (χ3n) is 2.95. The van der Waals surface area contributed by atoms with E-state index in [-0.39, 0.29) is 0 Å². The molecule has 0 radical (unpaired) electrons. The number of nitrogen functional groups attached to an aromatic ring is 1. The lowest BCUT2D eigenvalue weighted by molar-refractivity contribution is 1.18. The summed E-state index contributed by atoms with van der Waals surface area (Å²) in [5.41, 5.74) is 9.47. The van der Waals surface area contributed by atoms with Crippen LogP contribution in [0, 0.1) is 0 Å². The zero-order chi connectivity index (χ0) is 13.9. The highest BCUT2D eigenvalue weighted by atomic mass is 79.9. The lowest BCUT2D eigenvalue weighted by atomic mass is 10.1. The minimum atomic E-state index is 0.677. The molecule has 3 aromatic rings. The predicted molar refractivity (Wildman–Crippen MR) is 85.0 cm³/mol. The van der Waals surface area contributed by atoms with Crippen molar-refractivity contribution in [2.45, 2.75) is 0 Å². The Morgan fingerprint density at radius 1 is 0.800 bits per heavy atom. The zero-order valence-corrected chi connectivity index (χ0v) is 12.2. The normalized spacial score (nSPS) is 10.4. The molecule has 0 aliphatic rings. The first-order valence-corrected chi connectivity index (χ1v) is 6.95. The third kappa shape index (κ3) is 2.70. The molecule has 1 aromatic heterocycles. The number of anilines is 1. The molecule has 0 saturated carbocycles. The van der Waals surface area contributed by atoms with Crippen LogP contribution in [0.1, 0.15) is 0 Å². The second kappa shape index (κ2) is 5.43. The van der Waals surface area contributed by atoms with Gasteiger partial charge in [-0.25, -0.2) is 9.97 Å². The van der Waals surface area contributed by atoms with Gasteiger partial charge in [-0.3, -0.25) is 0 Å². The average molecular weight is 326 g/mol. The summed E-state index contributed by atoms with van der Waals surface area (Å²) in [6.45, 7) is 0. The van der Waals surface area contributed by atoms with E-state index in [2.05, 4.69) is 25.9 Å². The van der Waals surface area contributed by atoms with Crippen molar-refractivity contribution in [3.8, 4) is 22.5 Å². The first-order chi connectivity index (χ1) is 9.72. The summed E-state index contributed by atoms with van der Waals surface area (Å²) >= 11 is 3.46. The lowest BCUT2D eigenvalue weighted by Gasteiger charge is -2.04. The Bertz CT molecular complexity index is 674. The van der Waals surface area contributed by atoms with Crippen LogP contribution in [0.25, 0.3) is 22.5 Å². The fourth-order valence-corrected chi connectivity index (χ4v) is 2.37. The molecule has 0 saturated heterocycles. The Hall–Kier alpha value is -2.20. The molecule has 3 rings (SSSR count). The number of benzene rings is 2. The fraction of sp³-hybridized carbons (Fsp3) is 0. The summed E-state index contributed by atoms with van der Waals surface area (Å²) in [6, 6.07) is 15.6. The number of hydrogen-bond donors (Lipinski definition) is 1. The number of aromatic nitrogens is 2. The highest BCUT2D eigenvalue weighted by molar-refractivity contribution is 9.10. The SMILES string of the molecule is Nc1cccc(-c2ncc(-c3cccc(Br)c3)cn2)c1. The van der Waals surface area contributed by atoms with Crippen molar-refractivity contribution in [1.29, 1.82) is 0 Å². The van der Waals surface area contributed by atoms with Crippen molar-refractivity contribution in [1.82, 2.24) is 9.97 Å². The Morgan fingerprint density at radius 3 is 2.20 bits per heavy atom. The highest BCUT2D eigenvalue weighted by Crippen LogP contribution is 2.23. The van der Waals surface area contributed by atoms with E-state index in [1.165, 1.54) is 0 Å². The second-order valence-corrected chi connectivity index (χ2v) is 5.35. The molecule has 0 fully saturated rings. The van der Waals surface area contributed by atoms with Crippen molar-refractivity contribution in [2.75, 3.05) is 5.73 Å². The molecule has 0 unspecified atom stereocenters. The van der Waals surface area contributed by atoms with Crippen molar-refractivity contribution in [3.63, 3.8) is 0 Å². The van der Waals surface area contributed by atoms with E-state index in [4.69, 9.17) is 5.73 Å². The monoisotopic (exact) mass is 325 g/mol. The molecule has 0 aliphatic carbocycles. The topological polar surface area (TPSA) is 51.8 Å². The molecule has 2 aromatic carbocycles. The number of rotatable bonds is 2. The maximum Gasteiger partial charge on any atom is 0.159 e. The Balaban J connectivity index is 1.96. The molecule has 4 heteroatoms.